The molecular formula is C28H31N5O2S. The van der Waals surface area contributed by atoms with Gasteiger partial charge in [-0.3, -0.25) is 9.59 Å². The van der Waals surface area contributed by atoms with Crippen LogP contribution in [0.5, 0.6) is 0 Å². The minimum atomic E-state index is -0.142. The standard InChI is InChI=1S/C28H31N5O2S/c1-19-12-14-20(15-13-19)27-30-31-28(32(27)2)36-18-26(35)33(22-8-4-3-5-9-22)17-21-16-25(34)29-24-11-7-6-10-23(21)24/h6-7,10-16,22H,3-5,8-9,17-18H2,1-2H3,(H,29,34). The fourth-order valence-electron chi connectivity index (χ4n) is 5.01. The van der Waals surface area contributed by atoms with E-state index in [4.69, 9.17) is 0 Å². The fourth-order valence-corrected chi connectivity index (χ4v) is 5.81. The second-order valence-corrected chi connectivity index (χ2v) is 10.5. The van der Waals surface area contributed by atoms with E-state index in [0.29, 0.717) is 11.7 Å². The van der Waals surface area contributed by atoms with Crippen LogP contribution in [0.25, 0.3) is 22.3 Å². The molecule has 0 aliphatic heterocycles. The van der Waals surface area contributed by atoms with Gasteiger partial charge in [-0.2, -0.15) is 0 Å². The monoisotopic (exact) mass is 501 g/mol. The Morgan fingerprint density at radius 1 is 1.08 bits per heavy atom. The molecule has 2 aromatic carbocycles. The third kappa shape index (κ3) is 5.23. The number of aromatic amines is 1. The molecule has 1 amide bonds. The summed E-state index contributed by atoms with van der Waals surface area (Å²) in [5, 5.41) is 10.4. The lowest BCUT2D eigenvalue weighted by molar-refractivity contribution is -0.132. The minimum absolute atomic E-state index is 0.0659. The molecule has 36 heavy (non-hydrogen) atoms. The highest BCUT2D eigenvalue weighted by atomic mass is 32.2. The molecule has 1 aliphatic carbocycles. The molecule has 1 saturated carbocycles. The number of nitrogens with zero attached hydrogens (tertiary/aromatic N) is 4. The maximum Gasteiger partial charge on any atom is 0.248 e. The van der Waals surface area contributed by atoms with Crippen molar-refractivity contribution in [2.75, 3.05) is 5.75 Å². The maximum atomic E-state index is 13.6. The van der Waals surface area contributed by atoms with E-state index in [-0.39, 0.29) is 23.3 Å². The van der Waals surface area contributed by atoms with E-state index < -0.39 is 0 Å². The number of benzene rings is 2. The molecule has 4 aromatic rings. The topological polar surface area (TPSA) is 83.9 Å². The zero-order valence-corrected chi connectivity index (χ0v) is 21.6. The molecule has 2 heterocycles. The zero-order valence-electron chi connectivity index (χ0n) is 20.7. The quantitative estimate of drug-likeness (QED) is 0.357. The summed E-state index contributed by atoms with van der Waals surface area (Å²) in [5.41, 5.74) is 3.74. The molecule has 0 bridgehead atoms. The Morgan fingerprint density at radius 2 is 1.83 bits per heavy atom. The molecule has 1 N–H and O–H groups in total. The van der Waals surface area contributed by atoms with E-state index in [0.717, 1.165) is 53.5 Å². The van der Waals surface area contributed by atoms with E-state index in [2.05, 4.69) is 34.2 Å². The van der Waals surface area contributed by atoms with Crippen LogP contribution in [0.2, 0.25) is 0 Å². The van der Waals surface area contributed by atoms with Gasteiger partial charge in [0.2, 0.25) is 11.5 Å². The Bertz CT molecular complexity index is 1420. The first kappa shape index (κ1) is 24.3. The highest BCUT2D eigenvalue weighted by Crippen LogP contribution is 2.28. The predicted octanol–water partition coefficient (Wildman–Crippen LogP) is 5.09. The first-order valence-corrected chi connectivity index (χ1v) is 13.5. The fraction of sp³-hybridized carbons (Fsp3) is 0.357. The van der Waals surface area contributed by atoms with Crippen molar-refractivity contribution in [2.24, 2.45) is 7.05 Å². The minimum Gasteiger partial charge on any atom is -0.335 e. The second kappa shape index (κ2) is 10.7. The maximum absolute atomic E-state index is 13.6. The molecule has 2 aromatic heterocycles. The van der Waals surface area contributed by atoms with Crippen LogP contribution in [0, 0.1) is 6.92 Å². The lowest BCUT2D eigenvalue weighted by atomic mass is 9.93. The van der Waals surface area contributed by atoms with Gasteiger partial charge < -0.3 is 14.5 Å². The van der Waals surface area contributed by atoms with Crippen molar-refractivity contribution in [3.05, 3.63) is 76.1 Å². The number of aromatic nitrogens is 4. The number of nitrogens with one attached hydrogen (secondary N) is 1. The molecule has 0 saturated heterocycles. The number of H-pyrrole nitrogens is 1. The van der Waals surface area contributed by atoms with Crippen LogP contribution < -0.4 is 5.56 Å². The van der Waals surface area contributed by atoms with Gasteiger partial charge in [-0.05, 0) is 31.4 Å². The molecular weight excluding hydrogens is 470 g/mol. The Balaban J connectivity index is 1.36. The van der Waals surface area contributed by atoms with Crippen molar-refractivity contribution < 1.29 is 4.79 Å². The van der Waals surface area contributed by atoms with Crippen molar-refractivity contribution in [1.82, 2.24) is 24.6 Å². The van der Waals surface area contributed by atoms with Gasteiger partial charge in [0.05, 0.1) is 5.75 Å². The van der Waals surface area contributed by atoms with Crippen LogP contribution in [0.15, 0.2) is 64.5 Å². The van der Waals surface area contributed by atoms with E-state index in [9.17, 15) is 9.59 Å². The third-order valence-electron chi connectivity index (χ3n) is 6.98. The Labute approximate surface area is 214 Å². The predicted molar refractivity (Wildman–Crippen MR) is 144 cm³/mol. The third-order valence-corrected chi connectivity index (χ3v) is 7.99. The van der Waals surface area contributed by atoms with Crippen LogP contribution in [-0.2, 0) is 18.4 Å². The second-order valence-electron chi connectivity index (χ2n) is 9.54. The van der Waals surface area contributed by atoms with Crippen LogP contribution >= 0.6 is 11.8 Å². The largest absolute Gasteiger partial charge is 0.335 e. The van der Waals surface area contributed by atoms with Crippen molar-refractivity contribution >= 4 is 28.6 Å². The number of thioether (sulfide) groups is 1. The number of pyridine rings is 1. The van der Waals surface area contributed by atoms with E-state index in [1.807, 2.05) is 52.9 Å². The summed E-state index contributed by atoms with van der Waals surface area (Å²) in [7, 11) is 1.93. The molecule has 186 valence electrons. The Hall–Kier alpha value is -3.39. The number of rotatable bonds is 7. The summed E-state index contributed by atoms with van der Waals surface area (Å²) in [6, 6.07) is 17.8. The molecule has 7 nitrogen and oxygen atoms in total. The summed E-state index contributed by atoms with van der Waals surface area (Å²) in [6.45, 7) is 2.49. The molecule has 0 atom stereocenters. The van der Waals surface area contributed by atoms with E-state index in [1.165, 1.54) is 23.7 Å². The molecule has 0 radical (unpaired) electrons. The zero-order chi connectivity index (χ0) is 25.1. The van der Waals surface area contributed by atoms with Crippen molar-refractivity contribution in [3.63, 3.8) is 0 Å². The average Bonchev–Trinajstić information content (AvgIpc) is 3.26. The van der Waals surface area contributed by atoms with Gasteiger partial charge in [-0.25, -0.2) is 0 Å². The summed E-state index contributed by atoms with van der Waals surface area (Å²) in [6.07, 6.45) is 5.46. The van der Waals surface area contributed by atoms with Gasteiger partial charge in [0.1, 0.15) is 0 Å². The van der Waals surface area contributed by atoms with Gasteiger partial charge in [-0.1, -0.05) is 79.1 Å². The van der Waals surface area contributed by atoms with Gasteiger partial charge in [0.15, 0.2) is 11.0 Å². The van der Waals surface area contributed by atoms with E-state index in [1.54, 1.807) is 6.07 Å². The SMILES string of the molecule is Cc1ccc(-c2nnc(SCC(=O)N(Cc3cc(=O)[nH]c4ccccc34)C3CCCCC3)n2C)cc1. The summed E-state index contributed by atoms with van der Waals surface area (Å²) in [4.78, 5) is 30.9. The Morgan fingerprint density at radius 3 is 2.61 bits per heavy atom. The first-order valence-electron chi connectivity index (χ1n) is 12.5. The molecule has 5 rings (SSSR count). The molecule has 0 unspecified atom stereocenters. The molecule has 0 spiro atoms. The number of para-hydroxylation sites is 1. The van der Waals surface area contributed by atoms with Gasteiger partial charge in [-0.15, -0.1) is 10.2 Å². The van der Waals surface area contributed by atoms with Crippen molar-refractivity contribution in [2.45, 2.75) is 56.8 Å². The number of hydrogen-bond donors (Lipinski definition) is 1. The average molecular weight is 502 g/mol. The van der Waals surface area contributed by atoms with Crippen LogP contribution in [0.4, 0.5) is 0 Å². The molecule has 1 aliphatic rings. The number of carbonyl (C=O) groups is 1. The van der Waals surface area contributed by atoms with Crippen LogP contribution in [0.1, 0.15) is 43.2 Å². The van der Waals surface area contributed by atoms with E-state index >= 15 is 0 Å². The number of hydrogen-bond acceptors (Lipinski definition) is 5. The molecule has 8 heteroatoms. The van der Waals surface area contributed by atoms with Crippen LogP contribution in [0.3, 0.4) is 0 Å². The number of amides is 1. The summed E-state index contributed by atoms with van der Waals surface area (Å²) < 4.78 is 1.94. The lowest BCUT2D eigenvalue weighted by Crippen LogP contribution is -2.42. The summed E-state index contributed by atoms with van der Waals surface area (Å²) in [5.74, 6) is 1.12. The van der Waals surface area contributed by atoms with Crippen molar-refractivity contribution in [1.29, 1.82) is 0 Å². The smallest absolute Gasteiger partial charge is 0.248 e. The molecule has 1 fully saturated rings. The highest BCUT2D eigenvalue weighted by molar-refractivity contribution is 7.99. The van der Waals surface area contributed by atoms with Crippen molar-refractivity contribution in [3.8, 4) is 11.4 Å². The number of aryl methyl sites for hydroxylation is 1. The number of fused-ring (bicyclic) bond motifs is 1. The first-order chi connectivity index (χ1) is 17.5. The van der Waals surface area contributed by atoms with Gasteiger partial charge in [0, 0.05) is 42.2 Å². The number of carbonyl (C=O) groups excluding carboxylic acids is 1. The van der Waals surface area contributed by atoms with Gasteiger partial charge >= 0.3 is 0 Å². The highest BCUT2D eigenvalue weighted by Gasteiger charge is 2.27. The lowest BCUT2D eigenvalue weighted by Gasteiger charge is -2.34. The Kier molecular flexibility index (Phi) is 7.23. The van der Waals surface area contributed by atoms with Crippen LogP contribution in [-0.4, -0.2) is 42.4 Å². The summed E-state index contributed by atoms with van der Waals surface area (Å²) >= 11 is 1.41. The normalized spacial score (nSPS) is 14.3. The van der Waals surface area contributed by atoms with Gasteiger partial charge in [0.25, 0.3) is 0 Å².